The first kappa shape index (κ1) is 19.3. The molecule has 4 nitrogen and oxygen atoms in total. The zero-order chi connectivity index (χ0) is 18.4. The van der Waals surface area contributed by atoms with Crippen LogP contribution in [0.25, 0.3) is 6.08 Å². The number of carbonyl (C=O) groups excluding carboxylic acids is 1. The Morgan fingerprint density at radius 3 is 2.60 bits per heavy atom. The van der Waals surface area contributed by atoms with E-state index >= 15 is 0 Å². The summed E-state index contributed by atoms with van der Waals surface area (Å²) < 4.78 is 11.9. The molecule has 0 aliphatic carbocycles. The fourth-order valence-electron chi connectivity index (χ4n) is 2.08. The van der Waals surface area contributed by atoms with Crippen LogP contribution in [0, 0.1) is 0 Å². The van der Waals surface area contributed by atoms with Crippen molar-refractivity contribution >= 4 is 45.2 Å². The monoisotopic (exact) mass is 423 g/mol. The summed E-state index contributed by atoms with van der Waals surface area (Å²) in [5.74, 6) is 1.01. The molecule has 25 heavy (non-hydrogen) atoms. The van der Waals surface area contributed by atoms with Gasteiger partial charge in [0.1, 0.15) is 0 Å². The van der Waals surface area contributed by atoms with Crippen molar-refractivity contribution in [1.29, 1.82) is 0 Å². The molecule has 0 bridgehead atoms. The Balaban J connectivity index is 2.08. The number of hydrogen-bond donors (Lipinski definition) is 1. The number of hydrogen-bond acceptors (Lipinski definition) is 3. The van der Waals surface area contributed by atoms with Gasteiger partial charge >= 0.3 is 0 Å². The maximum Gasteiger partial charge on any atom is 0.248 e. The van der Waals surface area contributed by atoms with E-state index in [-0.39, 0.29) is 12.0 Å². The van der Waals surface area contributed by atoms with Crippen molar-refractivity contribution in [3.8, 4) is 11.5 Å². The van der Waals surface area contributed by atoms with Crippen LogP contribution in [-0.4, -0.2) is 19.1 Å². The zero-order valence-corrected chi connectivity index (χ0v) is 16.5. The van der Waals surface area contributed by atoms with Crippen LogP contribution >= 0.6 is 27.5 Å². The Hall–Kier alpha value is -1.98. The highest BCUT2D eigenvalue weighted by molar-refractivity contribution is 9.10. The highest BCUT2D eigenvalue weighted by atomic mass is 79.9. The molecule has 6 heteroatoms. The van der Waals surface area contributed by atoms with Gasteiger partial charge in [-0.3, -0.25) is 4.79 Å². The van der Waals surface area contributed by atoms with Gasteiger partial charge in [0, 0.05) is 10.5 Å². The third-order valence-electron chi connectivity index (χ3n) is 3.17. The lowest BCUT2D eigenvalue weighted by molar-refractivity contribution is -0.111. The van der Waals surface area contributed by atoms with Crippen LogP contribution in [0.5, 0.6) is 11.5 Å². The molecule has 2 aromatic carbocycles. The van der Waals surface area contributed by atoms with Crippen molar-refractivity contribution in [3.05, 3.63) is 57.5 Å². The summed E-state index contributed by atoms with van der Waals surface area (Å²) in [6.45, 7) is 3.90. The van der Waals surface area contributed by atoms with Gasteiger partial charge in [-0.05, 0) is 55.8 Å². The molecule has 132 valence electrons. The van der Waals surface area contributed by atoms with E-state index in [9.17, 15) is 4.79 Å². The number of anilines is 1. The molecule has 0 heterocycles. The van der Waals surface area contributed by atoms with Gasteiger partial charge in [-0.25, -0.2) is 0 Å². The van der Waals surface area contributed by atoms with Gasteiger partial charge in [0.15, 0.2) is 11.5 Å². The number of halogens is 2. The molecule has 0 saturated heterocycles. The minimum absolute atomic E-state index is 0.0525. The number of methoxy groups -OCH3 is 1. The number of amides is 1. The SMILES string of the molecule is COc1cc(/C=C/C(=O)Nc2ccc(Br)cc2Cl)ccc1OC(C)C. The molecule has 0 aliphatic rings. The average molecular weight is 425 g/mol. The summed E-state index contributed by atoms with van der Waals surface area (Å²) in [5.41, 5.74) is 1.38. The first-order valence-electron chi connectivity index (χ1n) is 7.68. The number of ether oxygens (including phenoxy) is 2. The Bertz CT molecular complexity index is 790. The molecule has 0 saturated carbocycles. The highest BCUT2D eigenvalue weighted by Gasteiger charge is 2.07. The standard InChI is InChI=1S/C19H19BrClNO3/c1-12(2)25-17-8-4-13(10-18(17)24-3)5-9-19(23)22-16-7-6-14(20)11-15(16)21/h4-12H,1-3H3,(H,22,23)/b9-5+. The number of nitrogens with one attached hydrogen (secondary N) is 1. The van der Waals surface area contributed by atoms with Gasteiger partial charge in [-0.1, -0.05) is 33.6 Å². The summed E-state index contributed by atoms with van der Waals surface area (Å²) in [6.07, 6.45) is 3.19. The van der Waals surface area contributed by atoms with Gasteiger partial charge < -0.3 is 14.8 Å². The van der Waals surface area contributed by atoms with Crippen LogP contribution in [0.15, 0.2) is 46.9 Å². The summed E-state index contributed by atoms with van der Waals surface area (Å²) in [6, 6.07) is 10.8. The average Bonchev–Trinajstić information content (AvgIpc) is 2.56. The van der Waals surface area contributed by atoms with Crippen LogP contribution in [0.3, 0.4) is 0 Å². The minimum Gasteiger partial charge on any atom is -0.493 e. The maximum atomic E-state index is 12.1. The second-order valence-corrected chi connectivity index (χ2v) is 6.85. The molecule has 1 amide bonds. The number of benzene rings is 2. The molecular formula is C19H19BrClNO3. The van der Waals surface area contributed by atoms with Gasteiger partial charge in [-0.2, -0.15) is 0 Å². The molecule has 1 N–H and O–H groups in total. The minimum atomic E-state index is -0.273. The Morgan fingerprint density at radius 1 is 1.20 bits per heavy atom. The van der Waals surface area contributed by atoms with Crippen molar-refractivity contribution in [2.75, 3.05) is 12.4 Å². The van der Waals surface area contributed by atoms with Gasteiger partial charge in [0.05, 0.1) is 23.9 Å². The molecule has 0 fully saturated rings. The van der Waals surface area contributed by atoms with Crippen LogP contribution < -0.4 is 14.8 Å². The van der Waals surface area contributed by atoms with Crippen molar-refractivity contribution in [2.24, 2.45) is 0 Å². The summed E-state index contributed by atoms with van der Waals surface area (Å²) in [7, 11) is 1.58. The maximum absolute atomic E-state index is 12.1. The fraction of sp³-hybridized carbons (Fsp3) is 0.211. The molecule has 2 aromatic rings. The molecule has 2 rings (SSSR count). The number of carbonyl (C=O) groups is 1. The zero-order valence-electron chi connectivity index (χ0n) is 14.2. The third-order valence-corrected chi connectivity index (χ3v) is 3.97. The summed E-state index contributed by atoms with van der Waals surface area (Å²) in [5, 5.41) is 3.21. The number of rotatable bonds is 6. The summed E-state index contributed by atoms with van der Waals surface area (Å²) in [4.78, 5) is 12.1. The molecule has 0 radical (unpaired) electrons. The molecule has 0 unspecified atom stereocenters. The molecule has 0 aromatic heterocycles. The van der Waals surface area contributed by atoms with Crippen molar-refractivity contribution in [3.63, 3.8) is 0 Å². The molecule has 0 aliphatic heterocycles. The van der Waals surface area contributed by atoms with E-state index in [4.69, 9.17) is 21.1 Å². The predicted octanol–water partition coefficient (Wildman–Crippen LogP) is 5.55. The highest BCUT2D eigenvalue weighted by Crippen LogP contribution is 2.29. The first-order chi connectivity index (χ1) is 11.9. The van der Waals surface area contributed by atoms with E-state index in [0.29, 0.717) is 22.2 Å². The second kappa shape index (κ2) is 8.92. The lowest BCUT2D eigenvalue weighted by Gasteiger charge is -2.13. The molecule has 0 atom stereocenters. The van der Waals surface area contributed by atoms with Gasteiger partial charge in [0.2, 0.25) is 5.91 Å². The normalized spacial score (nSPS) is 11.0. The predicted molar refractivity (Wildman–Crippen MR) is 106 cm³/mol. The lowest BCUT2D eigenvalue weighted by atomic mass is 10.2. The van der Waals surface area contributed by atoms with E-state index in [0.717, 1.165) is 10.0 Å². The largest absolute Gasteiger partial charge is 0.493 e. The quantitative estimate of drug-likeness (QED) is 0.618. The van der Waals surface area contributed by atoms with Crippen LogP contribution in [-0.2, 0) is 4.79 Å². The third kappa shape index (κ3) is 5.80. The lowest BCUT2D eigenvalue weighted by Crippen LogP contribution is -2.08. The Kier molecular flexibility index (Phi) is 6.91. The Morgan fingerprint density at radius 2 is 1.96 bits per heavy atom. The van der Waals surface area contributed by atoms with Gasteiger partial charge in [0.25, 0.3) is 0 Å². The first-order valence-corrected chi connectivity index (χ1v) is 8.85. The van der Waals surface area contributed by atoms with Crippen molar-refractivity contribution in [1.82, 2.24) is 0 Å². The van der Waals surface area contributed by atoms with Crippen molar-refractivity contribution in [2.45, 2.75) is 20.0 Å². The fourth-order valence-corrected chi connectivity index (χ4v) is 2.80. The van der Waals surface area contributed by atoms with E-state index in [1.54, 1.807) is 25.3 Å². The van der Waals surface area contributed by atoms with E-state index in [1.165, 1.54) is 6.08 Å². The smallest absolute Gasteiger partial charge is 0.248 e. The topological polar surface area (TPSA) is 47.6 Å². The van der Waals surface area contributed by atoms with Crippen LogP contribution in [0.4, 0.5) is 5.69 Å². The van der Waals surface area contributed by atoms with Crippen LogP contribution in [0.2, 0.25) is 5.02 Å². The molecule has 0 spiro atoms. The van der Waals surface area contributed by atoms with E-state index in [2.05, 4.69) is 21.2 Å². The van der Waals surface area contributed by atoms with Gasteiger partial charge in [-0.15, -0.1) is 0 Å². The summed E-state index contributed by atoms with van der Waals surface area (Å²) >= 11 is 9.41. The Labute approximate surface area is 160 Å². The van der Waals surface area contributed by atoms with Crippen LogP contribution in [0.1, 0.15) is 19.4 Å². The second-order valence-electron chi connectivity index (χ2n) is 5.52. The molecular weight excluding hydrogens is 406 g/mol. The van der Waals surface area contributed by atoms with E-state index in [1.807, 2.05) is 38.1 Å². The van der Waals surface area contributed by atoms with Crippen molar-refractivity contribution < 1.29 is 14.3 Å². The van der Waals surface area contributed by atoms with E-state index < -0.39 is 0 Å².